The zero-order valence-corrected chi connectivity index (χ0v) is 13.8. The van der Waals surface area contributed by atoms with Crippen LogP contribution in [0, 0.1) is 0 Å². The number of rotatable bonds is 6. The second kappa shape index (κ2) is 7.66. The van der Waals surface area contributed by atoms with E-state index in [1.54, 1.807) is 11.8 Å². The maximum absolute atomic E-state index is 12.0. The molecule has 2 N–H and O–H groups in total. The molecule has 0 saturated carbocycles. The van der Waals surface area contributed by atoms with Crippen molar-refractivity contribution in [3.05, 3.63) is 59.7 Å². The smallest absolute Gasteiger partial charge is 0.220 e. The van der Waals surface area contributed by atoms with Gasteiger partial charge in [-0.2, -0.15) is 0 Å². The summed E-state index contributed by atoms with van der Waals surface area (Å²) in [5.41, 5.74) is 2.57. The van der Waals surface area contributed by atoms with Crippen LogP contribution in [0.5, 0.6) is 0 Å². The number of amides is 1. The molecule has 0 saturated heterocycles. The average Bonchev–Trinajstić information content (AvgIpc) is 2.59. The molecular formula is C19H21NO2S. The van der Waals surface area contributed by atoms with Crippen LogP contribution in [-0.4, -0.2) is 24.2 Å². The lowest BCUT2D eigenvalue weighted by Gasteiger charge is -2.28. The van der Waals surface area contributed by atoms with Crippen molar-refractivity contribution < 1.29 is 9.90 Å². The molecule has 2 aromatic carbocycles. The quantitative estimate of drug-likeness (QED) is 0.798. The number of carbonyl (C=O) groups is 1. The van der Waals surface area contributed by atoms with Gasteiger partial charge in [-0.05, 0) is 36.1 Å². The van der Waals surface area contributed by atoms with E-state index in [0.717, 1.165) is 6.42 Å². The van der Waals surface area contributed by atoms with Gasteiger partial charge in [0.15, 0.2) is 0 Å². The highest BCUT2D eigenvalue weighted by atomic mass is 32.2. The molecule has 0 bridgehead atoms. The van der Waals surface area contributed by atoms with Crippen molar-refractivity contribution in [1.29, 1.82) is 0 Å². The number of carbonyl (C=O) groups excluding carboxylic acids is 1. The molecule has 0 atom stereocenters. The third-order valence-corrected chi connectivity index (χ3v) is 5.31. The lowest BCUT2D eigenvalue weighted by molar-refractivity contribution is -0.121. The van der Waals surface area contributed by atoms with Crippen LogP contribution in [0.1, 0.15) is 36.3 Å². The predicted octanol–water partition coefficient (Wildman–Crippen LogP) is 3.56. The van der Waals surface area contributed by atoms with Gasteiger partial charge in [0.1, 0.15) is 0 Å². The first-order valence-electron chi connectivity index (χ1n) is 8.03. The van der Waals surface area contributed by atoms with E-state index in [-0.39, 0.29) is 18.4 Å². The number of hydrogen-bond donors (Lipinski definition) is 2. The maximum atomic E-state index is 12.0. The van der Waals surface area contributed by atoms with Gasteiger partial charge in [0, 0.05) is 35.3 Å². The Balaban J connectivity index is 1.75. The van der Waals surface area contributed by atoms with Crippen LogP contribution >= 0.6 is 11.8 Å². The third kappa shape index (κ3) is 3.77. The van der Waals surface area contributed by atoms with Gasteiger partial charge in [0.25, 0.3) is 0 Å². The lowest BCUT2D eigenvalue weighted by Crippen LogP contribution is -2.29. The van der Waals surface area contributed by atoms with Crippen LogP contribution in [0.25, 0.3) is 0 Å². The molecule has 1 heterocycles. The molecule has 0 radical (unpaired) electrons. The van der Waals surface area contributed by atoms with Gasteiger partial charge >= 0.3 is 0 Å². The molecule has 120 valence electrons. The molecule has 0 unspecified atom stereocenters. The van der Waals surface area contributed by atoms with Gasteiger partial charge in [-0.1, -0.05) is 48.2 Å². The van der Waals surface area contributed by atoms with Crippen molar-refractivity contribution in [3.63, 3.8) is 0 Å². The van der Waals surface area contributed by atoms with Gasteiger partial charge in [0.05, 0.1) is 0 Å². The zero-order valence-electron chi connectivity index (χ0n) is 13.0. The van der Waals surface area contributed by atoms with Crippen molar-refractivity contribution in [2.45, 2.75) is 35.0 Å². The molecule has 4 heteroatoms. The lowest BCUT2D eigenvalue weighted by atomic mass is 9.90. The molecule has 0 spiro atoms. The van der Waals surface area contributed by atoms with Crippen LogP contribution < -0.4 is 5.32 Å². The molecule has 23 heavy (non-hydrogen) atoms. The molecule has 0 aromatic heterocycles. The van der Waals surface area contributed by atoms with Crippen molar-refractivity contribution in [2.75, 3.05) is 13.2 Å². The van der Waals surface area contributed by atoms with Crippen LogP contribution in [-0.2, 0) is 4.79 Å². The summed E-state index contributed by atoms with van der Waals surface area (Å²) in [4.78, 5) is 14.5. The van der Waals surface area contributed by atoms with E-state index < -0.39 is 0 Å². The first-order valence-corrected chi connectivity index (χ1v) is 8.84. The van der Waals surface area contributed by atoms with E-state index in [2.05, 4.69) is 53.8 Å². The fourth-order valence-electron chi connectivity index (χ4n) is 2.93. The van der Waals surface area contributed by atoms with Gasteiger partial charge in [0.2, 0.25) is 5.91 Å². The highest BCUT2D eigenvalue weighted by Gasteiger charge is 2.25. The minimum atomic E-state index is 0.0617. The first-order chi connectivity index (χ1) is 11.3. The van der Waals surface area contributed by atoms with Gasteiger partial charge in [-0.15, -0.1) is 0 Å². The summed E-state index contributed by atoms with van der Waals surface area (Å²) in [5.74, 6) is 0.261. The third-order valence-electron chi connectivity index (χ3n) is 4.12. The minimum Gasteiger partial charge on any atom is -0.396 e. The summed E-state index contributed by atoms with van der Waals surface area (Å²) >= 11 is 1.80. The molecular weight excluding hydrogens is 306 g/mol. The highest BCUT2D eigenvalue weighted by molar-refractivity contribution is 7.99. The van der Waals surface area contributed by atoms with E-state index >= 15 is 0 Å². The van der Waals surface area contributed by atoms with E-state index in [4.69, 9.17) is 5.11 Å². The van der Waals surface area contributed by atoms with Crippen LogP contribution in [0.15, 0.2) is 58.3 Å². The summed E-state index contributed by atoms with van der Waals surface area (Å²) in [6.45, 7) is 0.764. The second-order valence-corrected chi connectivity index (χ2v) is 6.80. The number of aliphatic hydroxyl groups is 1. The predicted molar refractivity (Wildman–Crippen MR) is 92.8 cm³/mol. The number of fused-ring (bicyclic) bond motifs is 2. The van der Waals surface area contributed by atoms with Crippen molar-refractivity contribution >= 4 is 17.7 Å². The molecule has 3 rings (SSSR count). The number of benzene rings is 2. The average molecular weight is 327 g/mol. The topological polar surface area (TPSA) is 49.3 Å². The summed E-state index contributed by atoms with van der Waals surface area (Å²) in [6.07, 6.45) is 1.89. The summed E-state index contributed by atoms with van der Waals surface area (Å²) in [6, 6.07) is 16.8. The normalized spacial score (nSPS) is 13.3. The summed E-state index contributed by atoms with van der Waals surface area (Å²) < 4.78 is 0. The molecule has 1 aliphatic rings. The van der Waals surface area contributed by atoms with Gasteiger partial charge < -0.3 is 10.4 Å². The van der Waals surface area contributed by atoms with Crippen molar-refractivity contribution in [1.82, 2.24) is 5.32 Å². The molecule has 2 aromatic rings. The van der Waals surface area contributed by atoms with Gasteiger partial charge in [-0.3, -0.25) is 4.79 Å². The van der Waals surface area contributed by atoms with Crippen molar-refractivity contribution in [2.24, 2.45) is 0 Å². The maximum Gasteiger partial charge on any atom is 0.220 e. The van der Waals surface area contributed by atoms with E-state index in [1.165, 1.54) is 20.9 Å². The summed E-state index contributed by atoms with van der Waals surface area (Å²) in [5, 5.41) is 11.9. The molecule has 1 aliphatic heterocycles. The Labute approximate surface area is 141 Å². The fraction of sp³-hybridized carbons (Fsp3) is 0.316. The monoisotopic (exact) mass is 327 g/mol. The van der Waals surface area contributed by atoms with Gasteiger partial charge in [-0.25, -0.2) is 0 Å². The number of aliphatic hydroxyl groups excluding tert-OH is 1. The van der Waals surface area contributed by atoms with Crippen LogP contribution in [0.4, 0.5) is 0 Å². The molecule has 0 fully saturated rings. The molecule has 1 amide bonds. The Morgan fingerprint density at radius 2 is 1.61 bits per heavy atom. The SMILES string of the molecule is O=C(CCCCO)NCC1c2ccccc2Sc2ccccc21. The zero-order chi connectivity index (χ0) is 16.1. The largest absolute Gasteiger partial charge is 0.396 e. The standard InChI is InChI=1S/C19H21NO2S/c21-12-6-5-11-19(22)20-13-16-14-7-1-3-9-17(14)23-18-10-4-2-8-15(16)18/h1-4,7-10,16,21H,5-6,11-13H2,(H,20,22). The summed E-state index contributed by atoms with van der Waals surface area (Å²) in [7, 11) is 0. The Morgan fingerprint density at radius 3 is 2.22 bits per heavy atom. The Bertz CT molecular complexity index is 641. The van der Waals surface area contributed by atoms with E-state index in [0.29, 0.717) is 19.4 Å². The van der Waals surface area contributed by atoms with E-state index in [9.17, 15) is 4.79 Å². The molecule has 0 aliphatic carbocycles. The molecule has 3 nitrogen and oxygen atoms in total. The van der Waals surface area contributed by atoms with E-state index in [1.807, 2.05) is 0 Å². The fourth-order valence-corrected chi connectivity index (χ4v) is 4.12. The van der Waals surface area contributed by atoms with Crippen LogP contribution in [0.3, 0.4) is 0 Å². The van der Waals surface area contributed by atoms with Crippen molar-refractivity contribution in [3.8, 4) is 0 Å². The Kier molecular flexibility index (Phi) is 5.36. The number of hydrogen-bond acceptors (Lipinski definition) is 3. The Hall–Kier alpha value is -1.78. The van der Waals surface area contributed by atoms with Crippen LogP contribution in [0.2, 0.25) is 0 Å². The number of nitrogens with one attached hydrogen (secondary N) is 1. The first kappa shape index (κ1) is 16.1. The highest BCUT2D eigenvalue weighted by Crippen LogP contribution is 2.45. The second-order valence-electron chi connectivity index (χ2n) is 5.72. The Morgan fingerprint density at radius 1 is 1.00 bits per heavy atom. The minimum absolute atomic E-state index is 0.0617. The number of unbranched alkanes of at least 4 members (excludes halogenated alkanes) is 1.